The minimum absolute atomic E-state index is 0.00879. The van der Waals surface area contributed by atoms with E-state index in [0.29, 0.717) is 18.1 Å². The third kappa shape index (κ3) is 2.54. The molecule has 1 aromatic heterocycles. The largest absolute Gasteiger partial charge is 0.487 e. The number of benzene rings is 1. The number of thiazole rings is 1. The van der Waals surface area contributed by atoms with Crippen molar-refractivity contribution in [3.05, 3.63) is 23.1 Å². The molecule has 0 radical (unpaired) electrons. The van der Waals surface area contributed by atoms with Crippen LogP contribution in [0, 0.1) is 6.92 Å². The summed E-state index contributed by atoms with van der Waals surface area (Å²) >= 11 is 1.47. The van der Waals surface area contributed by atoms with Gasteiger partial charge in [-0.2, -0.15) is 0 Å². The number of aryl methyl sites for hydroxylation is 1. The summed E-state index contributed by atoms with van der Waals surface area (Å²) in [6, 6.07) is 5.84. The molecule has 1 aliphatic heterocycles. The van der Waals surface area contributed by atoms with Gasteiger partial charge in [-0.3, -0.25) is 4.79 Å². The summed E-state index contributed by atoms with van der Waals surface area (Å²) in [4.78, 5) is 19.5. The Morgan fingerprint density at radius 2 is 2.32 bits per heavy atom. The number of hydrogen-bond donors (Lipinski definition) is 1. The number of amides is 1. The number of carbonyl (C=O) groups is 1. The highest BCUT2D eigenvalue weighted by Gasteiger charge is 2.27. The monoisotopic (exact) mass is 317 g/mol. The van der Waals surface area contributed by atoms with E-state index < -0.39 is 0 Å². The molecular weight excluding hydrogens is 298 g/mol. The van der Waals surface area contributed by atoms with Gasteiger partial charge in [0.1, 0.15) is 11.9 Å². The lowest BCUT2D eigenvalue weighted by Crippen LogP contribution is -2.42. The number of carbonyl (C=O) groups excluding carboxylic acids is 1. The molecule has 6 heteroatoms. The fourth-order valence-corrected chi connectivity index (χ4v) is 3.41. The molecule has 0 bridgehead atoms. The first kappa shape index (κ1) is 14.8. The quantitative estimate of drug-likeness (QED) is 0.923. The van der Waals surface area contributed by atoms with E-state index in [1.807, 2.05) is 39.0 Å². The van der Waals surface area contributed by atoms with Gasteiger partial charge in [-0.05, 0) is 32.0 Å². The predicted octanol–water partition coefficient (Wildman–Crippen LogP) is 3.22. The molecule has 0 spiro atoms. The van der Waals surface area contributed by atoms with Crippen molar-refractivity contribution in [3.63, 3.8) is 0 Å². The Kier molecular flexibility index (Phi) is 3.78. The average molecular weight is 317 g/mol. The van der Waals surface area contributed by atoms with E-state index in [1.165, 1.54) is 11.3 Å². The molecule has 22 heavy (non-hydrogen) atoms. The van der Waals surface area contributed by atoms with E-state index in [4.69, 9.17) is 10.5 Å². The summed E-state index contributed by atoms with van der Waals surface area (Å²) < 4.78 is 5.85. The minimum Gasteiger partial charge on any atom is -0.487 e. The van der Waals surface area contributed by atoms with Gasteiger partial charge in [0.15, 0.2) is 5.13 Å². The number of fused-ring (bicyclic) bond motifs is 1. The molecule has 0 fully saturated rings. The number of aromatic nitrogens is 1. The molecule has 2 N–H and O–H groups in total. The first-order chi connectivity index (χ1) is 10.5. The Hall–Kier alpha value is -2.08. The van der Waals surface area contributed by atoms with Crippen LogP contribution in [0.25, 0.3) is 11.3 Å². The lowest BCUT2D eigenvalue weighted by Gasteiger charge is -2.33. The molecule has 1 amide bonds. The Morgan fingerprint density at radius 3 is 2.95 bits per heavy atom. The Balaban J connectivity index is 2.08. The number of nitrogens with two attached hydrogens (primary N) is 1. The van der Waals surface area contributed by atoms with Crippen molar-refractivity contribution in [3.8, 4) is 17.0 Å². The molecule has 116 valence electrons. The second-order valence-corrected chi connectivity index (χ2v) is 6.66. The Morgan fingerprint density at radius 1 is 1.55 bits per heavy atom. The second kappa shape index (κ2) is 5.61. The molecule has 0 aliphatic carbocycles. The summed E-state index contributed by atoms with van der Waals surface area (Å²) in [7, 11) is 0. The molecule has 0 saturated heterocycles. The highest BCUT2D eigenvalue weighted by atomic mass is 32.1. The van der Waals surface area contributed by atoms with Gasteiger partial charge in [0.2, 0.25) is 5.91 Å². The summed E-state index contributed by atoms with van der Waals surface area (Å²) in [5.41, 5.74) is 8.42. The number of rotatable bonds is 2. The standard InChI is InChI=1S/C16H19N3O2S/c1-4-14(20)19-8-9(2)21-13-6-5-11(7-12(13)19)15-10(3)22-16(17)18-15/h5-7,9H,4,8H2,1-3H3,(H2,17,18). The Labute approximate surface area is 133 Å². The fourth-order valence-electron chi connectivity index (χ4n) is 2.70. The second-order valence-electron chi connectivity index (χ2n) is 5.43. The van der Waals surface area contributed by atoms with Crippen molar-refractivity contribution in [2.24, 2.45) is 0 Å². The van der Waals surface area contributed by atoms with Crippen molar-refractivity contribution in [2.75, 3.05) is 17.2 Å². The molecule has 2 aromatic rings. The van der Waals surface area contributed by atoms with E-state index >= 15 is 0 Å². The van der Waals surface area contributed by atoms with Gasteiger partial charge in [0.25, 0.3) is 0 Å². The first-order valence-electron chi connectivity index (χ1n) is 7.34. The van der Waals surface area contributed by atoms with Gasteiger partial charge in [0, 0.05) is 16.9 Å². The SMILES string of the molecule is CCC(=O)N1CC(C)Oc2ccc(-c3nc(N)sc3C)cc21. The number of hydrogen-bond acceptors (Lipinski definition) is 5. The van der Waals surface area contributed by atoms with E-state index in [1.54, 1.807) is 4.90 Å². The lowest BCUT2D eigenvalue weighted by atomic mass is 10.1. The molecule has 1 atom stereocenters. The smallest absolute Gasteiger partial charge is 0.226 e. The lowest BCUT2D eigenvalue weighted by molar-refractivity contribution is -0.118. The topological polar surface area (TPSA) is 68.5 Å². The van der Waals surface area contributed by atoms with Crippen LogP contribution in [0.3, 0.4) is 0 Å². The zero-order valence-corrected chi connectivity index (χ0v) is 13.7. The van der Waals surface area contributed by atoms with E-state index in [9.17, 15) is 4.79 Å². The molecule has 2 heterocycles. The van der Waals surface area contributed by atoms with Crippen LogP contribution < -0.4 is 15.4 Å². The van der Waals surface area contributed by atoms with Gasteiger partial charge < -0.3 is 15.4 Å². The van der Waals surface area contributed by atoms with Crippen LogP contribution in [0.2, 0.25) is 0 Å². The maximum atomic E-state index is 12.2. The first-order valence-corrected chi connectivity index (χ1v) is 8.15. The van der Waals surface area contributed by atoms with Crippen LogP contribution in [-0.4, -0.2) is 23.5 Å². The zero-order valence-electron chi connectivity index (χ0n) is 12.9. The number of anilines is 2. The zero-order chi connectivity index (χ0) is 15.9. The number of nitrogen functional groups attached to an aromatic ring is 1. The molecule has 1 aliphatic rings. The highest BCUT2D eigenvalue weighted by molar-refractivity contribution is 7.15. The van der Waals surface area contributed by atoms with Crippen LogP contribution in [-0.2, 0) is 4.79 Å². The minimum atomic E-state index is -0.00879. The van der Waals surface area contributed by atoms with Crippen LogP contribution in [0.4, 0.5) is 10.8 Å². The van der Waals surface area contributed by atoms with Crippen LogP contribution >= 0.6 is 11.3 Å². The third-order valence-electron chi connectivity index (χ3n) is 3.71. The van der Waals surface area contributed by atoms with Crippen molar-refractivity contribution in [2.45, 2.75) is 33.3 Å². The summed E-state index contributed by atoms with van der Waals surface area (Å²) in [5, 5.41) is 0.552. The van der Waals surface area contributed by atoms with Gasteiger partial charge >= 0.3 is 0 Å². The molecule has 3 rings (SSSR count). The molecule has 0 saturated carbocycles. The van der Waals surface area contributed by atoms with Crippen LogP contribution in [0.15, 0.2) is 18.2 Å². The van der Waals surface area contributed by atoms with E-state index in [-0.39, 0.29) is 12.0 Å². The van der Waals surface area contributed by atoms with Gasteiger partial charge in [0.05, 0.1) is 17.9 Å². The molecule has 1 aromatic carbocycles. The Bertz CT molecular complexity index is 726. The van der Waals surface area contributed by atoms with Crippen LogP contribution in [0.1, 0.15) is 25.1 Å². The van der Waals surface area contributed by atoms with E-state index in [0.717, 1.165) is 27.6 Å². The van der Waals surface area contributed by atoms with Crippen molar-refractivity contribution in [1.82, 2.24) is 4.98 Å². The van der Waals surface area contributed by atoms with Crippen molar-refractivity contribution in [1.29, 1.82) is 0 Å². The number of ether oxygens (including phenoxy) is 1. The summed E-state index contributed by atoms with van der Waals surface area (Å²) in [6.45, 7) is 6.41. The van der Waals surface area contributed by atoms with Gasteiger partial charge in [-0.25, -0.2) is 4.98 Å². The molecule has 5 nitrogen and oxygen atoms in total. The van der Waals surface area contributed by atoms with Gasteiger partial charge in [-0.15, -0.1) is 11.3 Å². The molecular formula is C16H19N3O2S. The molecule has 1 unspecified atom stereocenters. The fraction of sp³-hybridized carbons (Fsp3) is 0.375. The number of nitrogens with zero attached hydrogens (tertiary/aromatic N) is 2. The summed E-state index contributed by atoms with van der Waals surface area (Å²) in [5.74, 6) is 0.841. The average Bonchev–Trinajstić information content (AvgIpc) is 2.83. The van der Waals surface area contributed by atoms with Gasteiger partial charge in [-0.1, -0.05) is 6.92 Å². The van der Waals surface area contributed by atoms with E-state index in [2.05, 4.69) is 4.98 Å². The maximum Gasteiger partial charge on any atom is 0.226 e. The third-order valence-corrected chi connectivity index (χ3v) is 4.51. The predicted molar refractivity (Wildman–Crippen MR) is 89.4 cm³/mol. The highest BCUT2D eigenvalue weighted by Crippen LogP contribution is 2.38. The maximum absolute atomic E-state index is 12.2. The summed E-state index contributed by atoms with van der Waals surface area (Å²) in [6.07, 6.45) is 0.463. The van der Waals surface area contributed by atoms with Crippen LogP contribution in [0.5, 0.6) is 5.75 Å². The normalized spacial score (nSPS) is 17.0. The van der Waals surface area contributed by atoms with Crippen molar-refractivity contribution >= 4 is 28.1 Å². The van der Waals surface area contributed by atoms with Crippen molar-refractivity contribution < 1.29 is 9.53 Å².